The number of aromatic nitrogens is 3. The van der Waals surface area contributed by atoms with Crippen molar-refractivity contribution in [2.24, 2.45) is 0 Å². The van der Waals surface area contributed by atoms with E-state index < -0.39 is 0 Å². The van der Waals surface area contributed by atoms with Crippen molar-refractivity contribution in [3.05, 3.63) is 18.5 Å². The smallest absolute Gasteiger partial charge is 0.319 e. The average Bonchev–Trinajstić information content (AvgIpc) is 2.76. The molecule has 1 aliphatic heterocycles. The molecule has 0 N–H and O–H groups in total. The molecule has 1 fully saturated rings. The molecule has 0 aromatic carbocycles. The topological polar surface area (TPSA) is 57.0 Å². The van der Waals surface area contributed by atoms with E-state index in [1.54, 1.807) is 6.08 Å². The standard InChI is InChI=1S/C11H15N3O2S/c1-4-5-14-8(3)12-13-11(14)17-9-6-7(2)16-10(9)15/h4,7,9H,1,5-6H2,2-3H3. The molecule has 2 rings (SSSR count). The molecule has 0 bridgehead atoms. The Morgan fingerprint density at radius 3 is 3.00 bits per heavy atom. The second kappa shape index (κ2) is 4.91. The first-order chi connectivity index (χ1) is 8.11. The quantitative estimate of drug-likeness (QED) is 0.602. The summed E-state index contributed by atoms with van der Waals surface area (Å²) in [6, 6.07) is 0. The van der Waals surface area contributed by atoms with E-state index in [1.165, 1.54) is 11.8 Å². The monoisotopic (exact) mass is 253 g/mol. The van der Waals surface area contributed by atoms with Gasteiger partial charge in [0.1, 0.15) is 17.2 Å². The molecule has 0 spiro atoms. The van der Waals surface area contributed by atoms with Crippen LogP contribution in [0.25, 0.3) is 0 Å². The molecule has 17 heavy (non-hydrogen) atoms. The van der Waals surface area contributed by atoms with E-state index >= 15 is 0 Å². The van der Waals surface area contributed by atoms with Crippen LogP contribution in [0.15, 0.2) is 17.8 Å². The SMILES string of the molecule is C=CCn1c(C)nnc1SC1CC(C)OC1=O. The summed E-state index contributed by atoms with van der Waals surface area (Å²) in [5.74, 6) is 0.667. The van der Waals surface area contributed by atoms with E-state index in [2.05, 4.69) is 16.8 Å². The lowest BCUT2D eigenvalue weighted by atomic mass is 10.3. The fourth-order valence-corrected chi connectivity index (χ4v) is 2.93. The molecule has 2 heterocycles. The summed E-state index contributed by atoms with van der Waals surface area (Å²) in [6.45, 7) is 8.14. The Morgan fingerprint density at radius 1 is 1.65 bits per heavy atom. The molecule has 92 valence electrons. The van der Waals surface area contributed by atoms with Gasteiger partial charge in [0, 0.05) is 13.0 Å². The molecule has 0 radical (unpaired) electrons. The number of nitrogens with zero attached hydrogens (tertiary/aromatic N) is 3. The van der Waals surface area contributed by atoms with Crippen LogP contribution in [0.2, 0.25) is 0 Å². The van der Waals surface area contributed by atoms with Crippen LogP contribution in [0.1, 0.15) is 19.2 Å². The van der Waals surface area contributed by atoms with E-state index in [-0.39, 0.29) is 17.3 Å². The zero-order valence-electron chi connectivity index (χ0n) is 9.92. The van der Waals surface area contributed by atoms with Gasteiger partial charge in [0.25, 0.3) is 0 Å². The number of hydrogen-bond acceptors (Lipinski definition) is 5. The summed E-state index contributed by atoms with van der Waals surface area (Å²) >= 11 is 1.42. The van der Waals surface area contributed by atoms with Gasteiger partial charge in [-0.3, -0.25) is 4.79 Å². The number of allylic oxidation sites excluding steroid dienone is 1. The van der Waals surface area contributed by atoms with Gasteiger partial charge in [0.2, 0.25) is 0 Å². The molecule has 2 unspecified atom stereocenters. The van der Waals surface area contributed by atoms with Gasteiger partial charge in [-0.25, -0.2) is 0 Å². The van der Waals surface area contributed by atoms with E-state index in [0.717, 1.165) is 17.4 Å². The van der Waals surface area contributed by atoms with Crippen molar-refractivity contribution in [3.63, 3.8) is 0 Å². The summed E-state index contributed by atoms with van der Waals surface area (Å²) in [5, 5.41) is 8.67. The summed E-state index contributed by atoms with van der Waals surface area (Å²) < 4.78 is 7.05. The average molecular weight is 253 g/mol. The van der Waals surface area contributed by atoms with Crippen molar-refractivity contribution < 1.29 is 9.53 Å². The number of carbonyl (C=O) groups is 1. The van der Waals surface area contributed by atoms with E-state index in [1.807, 2.05) is 18.4 Å². The molecular weight excluding hydrogens is 238 g/mol. The highest BCUT2D eigenvalue weighted by atomic mass is 32.2. The van der Waals surface area contributed by atoms with Crippen molar-refractivity contribution in [3.8, 4) is 0 Å². The maximum atomic E-state index is 11.5. The maximum absolute atomic E-state index is 11.5. The Kier molecular flexibility index (Phi) is 3.51. The third-order valence-corrected chi connectivity index (χ3v) is 3.77. The van der Waals surface area contributed by atoms with Gasteiger partial charge in [-0.15, -0.1) is 16.8 Å². The van der Waals surface area contributed by atoms with Crippen LogP contribution >= 0.6 is 11.8 Å². The largest absolute Gasteiger partial charge is 0.462 e. The summed E-state index contributed by atoms with van der Waals surface area (Å²) in [7, 11) is 0. The zero-order valence-corrected chi connectivity index (χ0v) is 10.7. The first-order valence-corrected chi connectivity index (χ1v) is 6.37. The van der Waals surface area contributed by atoms with Crippen molar-refractivity contribution in [1.82, 2.24) is 14.8 Å². The molecule has 0 aliphatic carbocycles. The first kappa shape index (κ1) is 12.2. The van der Waals surface area contributed by atoms with Gasteiger partial charge in [-0.05, 0) is 13.8 Å². The Balaban J connectivity index is 2.13. The number of rotatable bonds is 4. The number of hydrogen-bond donors (Lipinski definition) is 0. The number of thioether (sulfide) groups is 1. The summed E-state index contributed by atoms with van der Waals surface area (Å²) in [5.41, 5.74) is 0. The number of ether oxygens (including phenoxy) is 1. The molecule has 0 saturated carbocycles. The molecule has 1 aromatic rings. The Bertz CT molecular complexity index is 444. The van der Waals surface area contributed by atoms with Crippen molar-refractivity contribution >= 4 is 17.7 Å². The normalized spacial score (nSPS) is 23.8. The molecule has 5 nitrogen and oxygen atoms in total. The number of cyclic esters (lactones) is 1. The number of carbonyl (C=O) groups excluding carboxylic acids is 1. The molecule has 0 amide bonds. The molecule has 2 atom stereocenters. The van der Waals surface area contributed by atoms with E-state index in [4.69, 9.17) is 4.74 Å². The Labute approximate surface area is 104 Å². The highest BCUT2D eigenvalue weighted by Crippen LogP contribution is 2.31. The zero-order chi connectivity index (χ0) is 12.4. The van der Waals surface area contributed by atoms with Gasteiger partial charge in [-0.2, -0.15) is 0 Å². The second-order valence-electron chi connectivity index (χ2n) is 4.02. The summed E-state index contributed by atoms with van der Waals surface area (Å²) in [6.07, 6.45) is 2.51. The van der Waals surface area contributed by atoms with Crippen LogP contribution < -0.4 is 0 Å². The fraction of sp³-hybridized carbons (Fsp3) is 0.545. The van der Waals surface area contributed by atoms with Crippen LogP contribution in [-0.4, -0.2) is 32.1 Å². The fourth-order valence-electron chi connectivity index (χ4n) is 1.73. The molecule has 1 aromatic heterocycles. The van der Waals surface area contributed by atoms with Crippen LogP contribution in [0, 0.1) is 6.92 Å². The second-order valence-corrected chi connectivity index (χ2v) is 5.19. The lowest BCUT2D eigenvalue weighted by Gasteiger charge is -2.07. The molecule has 6 heteroatoms. The van der Waals surface area contributed by atoms with Gasteiger partial charge in [0.15, 0.2) is 5.16 Å². The first-order valence-electron chi connectivity index (χ1n) is 5.49. The van der Waals surface area contributed by atoms with Crippen LogP contribution in [0.5, 0.6) is 0 Å². The van der Waals surface area contributed by atoms with Crippen molar-refractivity contribution in [2.45, 2.75) is 43.3 Å². The minimum Gasteiger partial charge on any atom is -0.462 e. The van der Waals surface area contributed by atoms with Crippen molar-refractivity contribution in [1.29, 1.82) is 0 Å². The lowest BCUT2D eigenvalue weighted by Crippen LogP contribution is -2.11. The molecular formula is C11H15N3O2S. The molecule has 1 saturated heterocycles. The third-order valence-electron chi connectivity index (χ3n) is 2.59. The predicted octanol–water partition coefficient (Wildman–Crippen LogP) is 1.57. The Morgan fingerprint density at radius 2 is 2.41 bits per heavy atom. The van der Waals surface area contributed by atoms with E-state index in [9.17, 15) is 4.79 Å². The van der Waals surface area contributed by atoms with Crippen LogP contribution in [0.3, 0.4) is 0 Å². The van der Waals surface area contributed by atoms with Crippen molar-refractivity contribution in [2.75, 3.05) is 0 Å². The number of aryl methyl sites for hydroxylation is 1. The minimum atomic E-state index is -0.169. The summed E-state index contributed by atoms with van der Waals surface area (Å²) in [4.78, 5) is 11.5. The van der Waals surface area contributed by atoms with Gasteiger partial charge in [-0.1, -0.05) is 17.8 Å². The lowest BCUT2D eigenvalue weighted by molar-refractivity contribution is -0.140. The van der Waals surface area contributed by atoms with Gasteiger partial charge in [0.05, 0.1) is 0 Å². The third kappa shape index (κ3) is 2.52. The molecule has 1 aliphatic rings. The van der Waals surface area contributed by atoms with Gasteiger partial charge >= 0.3 is 5.97 Å². The number of esters is 1. The Hall–Kier alpha value is -1.30. The minimum absolute atomic E-state index is 0.00290. The van der Waals surface area contributed by atoms with Crippen LogP contribution in [0.4, 0.5) is 0 Å². The highest BCUT2D eigenvalue weighted by Gasteiger charge is 2.34. The predicted molar refractivity (Wildman–Crippen MR) is 64.8 cm³/mol. The maximum Gasteiger partial charge on any atom is 0.319 e. The van der Waals surface area contributed by atoms with Crippen LogP contribution in [-0.2, 0) is 16.1 Å². The highest BCUT2D eigenvalue weighted by molar-refractivity contribution is 8.00. The van der Waals surface area contributed by atoms with Gasteiger partial charge < -0.3 is 9.30 Å². The van der Waals surface area contributed by atoms with E-state index in [0.29, 0.717) is 6.54 Å².